The minimum absolute atomic E-state index is 0.0267. The smallest absolute Gasteiger partial charge is 0.224 e. The summed E-state index contributed by atoms with van der Waals surface area (Å²) in [5, 5.41) is 3.42. The zero-order valence-corrected chi connectivity index (χ0v) is 10.5. The Morgan fingerprint density at radius 3 is 2.89 bits per heavy atom. The lowest BCUT2D eigenvalue weighted by Crippen LogP contribution is -2.12. The van der Waals surface area contributed by atoms with Gasteiger partial charge in [0, 0.05) is 29.5 Å². The lowest BCUT2D eigenvalue weighted by molar-refractivity contribution is -0.116. The van der Waals surface area contributed by atoms with E-state index in [0.717, 1.165) is 11.3 Å². The van der Waals surface area contributed by atoms with Crippen LogP contribution < -0.4 is 5.32 Å². The van der Waals surface area contributed by atoms with E-state index < -0.39 is 0 Å². The average Bonchev–Trinajstić information content (AvgIpc) is 2.38. The van der Waals surface area contributed by atoms with Crippen LogP contribution in [0.4, 0.5) is 5.69 Å². The zero-order valence-electron chi connectivity index (χ0n) is 9.77. The minimum atomic E-state index is -0.0267. The van der Waals surface area contributed by atoms with E-state index in [4.69, 9.17) is 11.6 Å². The highest BCUT2D eigenvalue weighted by Crippen LogP contribution is 2.15. The minimum Gasteiger partial charge on any atom is -0.326 e. The maximum Gasteiger partial charge on any atom is 0.224 e. The normalized spacial score (nSPS) is 10.1. The summed E-state index contributed by atoms with van der Waals surface area (Å²) in [6.45, 7) is 0. The Morgan fingerprint density at radius 2 is 2.17 bits per heavy atom. The van der Waals surface area contributed by atoms with Crippen molar-refractivity contribution in [2.24, 2.45) is 0 Å². The van der Waals surface area contributed by atoms with Crippen LogP contribution in [0.5, 0.6) is 0 Å². The number of benzene rings is 1. The molecule has 18 heavy (non-hydrogen) atoms. The zero-order chi connectivity index (χ0) is 12.8. The van der Waals surface area contributed by atoms with Crippen molar-refractivity contribution in [3.8, 4) is 0 Å². The standard InChI is InChI=1S/C14H13ClN2O/c15-12-4-1-5-13(9-12)17-14(18)7-6-11-3-2-8-16-10-11/h1-5,8-10H,6-7H2,(H,17,18). The number of carbonyl (C=O) groups excluding carboxylic acids is 1. The van der Waals surface area contributed by atoms with Gasteiger partial charge in [0.05, 0.1) is 0 Å². The van der Waals surface area contributed by atoms with Gasteiger partial charge in [0.25, 0.3) is 0 Å². The van der Waals surface area contributed by atoms with Gasteiger partial charge in [-0.1, -0.05) is 23.7 Å². The van der Waals surface area contributed by atoms with Gasteiger partial charge in [0.1, 0.15) is 0 Å². The summed E-state index contributed by atoms with van der Waals surface area (Å²) in [5.74, 6) is -0.0267. The van der Waals surface area contributed by atoms with Crippen LogP contribution in [0, 0.1) is 0 Å². The predicted octanol–water partition coefficient (Wildman–Crippen LogP) is 3.31. The molecule has 3 nitrogen and oxygen atoms in total. The first-order valence-corrected chi connectivity index (χ1v) is 6.06. The third-order valence-corrected chi connectivity index (χ3v) is 2.71. The summed E-state index contributed by atoms with van der Waals surface area (Å²) < 4.78 is 0. The first-order chi connectivity index (χ1) is 8.74. The number of carbonyl (C=O) groups is 1. The van der Waals surface area contributed by atoms with Gasteiger partial charge in [-0.05, 0) is 36.2 Å². The molecule has 1 aromatic heterocycles. The monoisotopic (exact) mass is 260 g/mol. The molecule has 1 aromatic carbocycles. The van der Waals surface area contributed by atoms with Crippen molar-refractivity contribution in [3.05, 3.63) is 59.4 Å². The van der Waals surface area contributed by atoms with Crippen molar-refractivity contribution in [1.29, 1.82) is 0 Å². The topological polar surface area (TPSA) is 42.0 Å². The quantitative estimate of drug-likeness (QED) is 0.916. The Bertz CT molecular complexity index is 528. The lowest BCUT2D eigenvalue weighted by atomic mass is 10.1. The van der Waals surface area contributed by atoms with Crippen molar-refractivity contribution >= 4 is 23.2 Å². The molecule has 0 aliphatic heterocycles. The highest BCUT2D eigenvalue weighted by atomic mass is 35.5. The van der Waals surface area contributed by atoms with E-state index in [1.807, 2.05) is 18.2 Å². The molecule has 0 unspecified atom stereocenters. The number of amides is 1. The molecule has 0 atom stereocenters. The van der Waals surface area contributed by atoms with E-state index in [9.17, 15) is 4.79 Å². The van der Waals surface area contributed by atoms with Gasteiger partial charge in [-0.25, -0.2) is 0 Å². The van der Waals surface area contributed by atoms with Crippen LogP contribution in [0.15, 0.2) is 48.8 Å². The van der Waals surface area contributed by atoms with Crippen molar-refractivity contribution in [2.75, 3.05) is 5.32 Å². The predicted molar refractivity (Wildman–Crippen MR) is 72.6 cm³/mol. The van der Waals surface area contributed by atoms with Gasteiger partial charge in [-0.3, -0.25) is 9.78 Å². The molecule has 0 aliphatic rings. The molecule has 1 N–H and O–H groups in total. The van der Waals surface area contributed by atoms with E-state index in [1.54, 1.807) is 30.6 Å². The number of hydrogen-bond acceptors (Lipinski definition) is 2. The van der Waals surface area contributed by atoms with Crippen LogP contribution in [0.25, 0.3) is 0 Å². The van der Waals surface area contributed by atoms with Crippen molar-refractivity contribution in [3.63, 3.8) is 0 Å². The van der Waals surface area contributed by atoms with Gasteiger partial charge in [0.15, 0.2) is 0 Å². The van der Waals surface area contributed by atoms with Crippen molar-refractivity contribution in [2.45, 2.75) is 12.8 Å². The van der Waals surface area contributed by atoms with Crippen molar-refractivity contribution in [1.82, 2.24) is 4.98 Å². The molecule has 0 bridgehead atoms. The van der Waals surface area contributed by atoms with Crippen molar-refractivity contribution < 1.29 is 4.79 Å². The van der Waals surface area contributed by atoms with E-state index in [-0.39, 0.29) is 5.91 Å². The number of hydrogen-bond donors (Lipinski definition) is 1. The Balaban J connectivity index is 1.86. The third kappa shape index (κ3) is 3.86. The average molecular weight is 261 g/mol. The van der Waals surface area contributed by atoms with Gasteiger partial charge in [0.2, 0.25) is 5.91 Å². The molecule has 4 heteroatoms. The van der Waals surface area contributed by atoms with Crippen LogP contribution in [0.2, 0.25) is 5.02 Å². The second-order valence-corrected chi connectivity index (χ2v) is 4.36. The molecule has 0 saturated heterocycles. The summed E-state index contributed by atoms with van der Waals surface area (Å²) >= 11 is 5.84. The fourth-order valence-electron chi connectivity index (χ4n) is 1.59. The van der Waals surface area contributed by atoms with Crippen LogP contribution in [0.3, 0.4) is 0 Å². The number of nitrogens with one attached hydrogen (secondary N) is 1. The molecule has 0 saturated carbocycles. The SMILES string of the molecule is O=C(CCc1cccnc1)Nc1cccc(Cl)c1. The van der Waals surface area contributed by atoms with Gasteiger partial charge in [-0.15, -0.1) is 0 Å². The summed E-state index contributed by atoms with van der Waals surface area (Å²) in [4.78, 5) is 15.7. The van der Waals surface area contributed by atoms with E-state index in [1.165, 1.54) is 0 Å². The molecular weight excluding hydrogens is 248 g/mol. The number of halogens is 1. The number of anilines is 1. The lowest BCUT2D eigenvalue weighted by Gasteiger charge is -2.05. The highest BCUT2D eigenvalue weighted by Gasteiger charge is 2.03. The molecule has 1 amide bonds. The van der Waals surface area contributed by atoms with E-state index in [0.29, 0.717) is 17.9 Å². The second kappa shape index (κ2) is 6.17. The molecule has 1 heterocycles. The second-order valence-electron chi connectivity index (χ2n) is 3.92. The van der Waals surface area contributed by atoms with Crippen LogP contribution in [-0.2, 0) is 11.2 Å². The van der Waals surface area contributed by atoms with Crippen LogP contribution >= 0.6 is 11.6 Å². The molecule has 0 spiro atoms. The summed E-state index contributed by atoms with van der Waals surface area (Å²) in [7, 11) is 0. The Labute approximate surface area is 111 Å². The summed E-state index contributed by atoms with van der Waals surface area (Å²) in [5.41, 5.74) is 1.78. The first kappa shape index (κ1) is 12.6. The Hall–Kier alpha value is -1.87. The molecular formula is C14H13ClN2O. The first-order valence-electron chi connectivity index (χ1n) is 5.68. The Kier molecular flexibility index (Phi) is 4.31. The van der Waals surface area contributed by atoms with E-state index >= 15 is 0 Å². The maximum absolute atomic E-state index is 11.7. The number of rotatable bonds is 4. The number of aromatic nitrogens is 1. The van der Waals surface area contributed by atoms with Crippen LogP contribution in [0.1, 0.15) is 12.0 Å². The molecule has 0 radical (unpaired) electrons. The maximum atomic E-state index is 11.7. The van der Waals surface area contributed by atoms with Gasteiger partial charge in [-0.2, -0.15) is 0 Å². The molecule has 0 aliphatic carbocycles. The summed E-state index contributed by atoms with van der Waals surface area (Å²) in [6, 6.07) is 10.9. The third-order valence-electron chi connectivity index (χ3n) is 2.47. The molecule has 0 fully saturated rings. The fraction of sp³-hybridized carbons (Fsp3) is 0.143. The summed E-state index contributed by atoms with van der Waals surface area (Å²) in [6.07, 6.45) is 4.60. The molecule has 2 rings (SSSR count). The Morgan fingerprint density at radius 1 is 1.28 bits per heavy atom. The van der Waals surface area contributed by atoms with Gasteiger partial charge >= 0.3 is 0 Å². The van der Waals surface area contributed by atoms with Gasteiger partial charge < -0.3 is 5.32 Å². The molecule has 2 aromatic rings. The number of aryl methyl sites for hydroxylation is 1. The largest absolute Gasteiger partial charge is 0.326 e. The number of pyridine rings is 1. The molecule has 92 valence electrons. The fourth-order valence-corrected chi connectivity index (χ4v) is 1.78. The number of nitrogens with zero attached hydrogens (tertiary/aromatic N) is 1. The van der Waals surface area contributed by atoms with Crippen LogP contribution in [-0.4, -0.2) is 10.9 Å². The van der Waals surface area contributed by atoms with E-state index in [2.05, 4.69) is 10.3 Å². The highest BCUT2D eigenvalue weighted by molar-refractivity contribution is 6.30.